The maximum Gasteiger partial charge on any atom is 0.167 e. The zero-order valence-electron chi connectivity index (χ0n) is 20.5. The normalized spacial score (nSPS) is 17.6. The second-order valence-corrected chi connectivity index (χ2v) is 9.43. The van der Waals surface area contributed by atoms with Crippen LogP contribution in [0.4, 0.5) is 0 Å². The van der Waals surface area contributed by atoms with Gasteiger partial charge in [0.15, 0.2) is 5.78 Å². The molecule has 2 unspecified atom stereocenters. The summed E-state index contributed by atoms with van der Waals surface area (Å²) in [6, 6.07) is 20.5. The van der Waals surface area contributed by atoms with Gasteiger partial charge in [-0.2, -0.15) is 0 Å². The Labute approximate surface area is 195 Å². The van der Waals surface area contributed by atoms with Crippen LogP contribution in [0.1, 0.15) is 58.6 Å². The van der Waals surface area contributed by atoms with E-state index in [1.165, 1.54) is 24.0 Å². The molecule has 0 saturated heterocycles. The average molecular weight is 440 g/mol. The molecule has 2 aromatic carbocycles. The number of rotatable bonds is 6. The first kappa shape index (κ1) is 27.0. The Hall–Kier alpha value is -2.00. The number of carbonyl (C=O) groups is 1. The summed E-state index contributed by atoms with van der Waals surface area (Å²) in [5, 5.41) is 0. The van der Waals surface area contributed by atoms with Crippen molar-refractivity contribution in [3.05, 3.63) is 82.4 Å². The molecule has 0 N–H and O–H groups in total. The van der Waals surface area contributed by atoms with Gasteiger partial charge in [0.25, 0.3) is 0 Å². The monoisotopic (exact) mass is 439 g/mol. The molecule has 1 fully saturated rings. The molecule has 170 valence electrons. The van der Waals surface area contributed by atoms with Crippen LogP contribution in [0.15, 0.2) is 71.3 Å². The number of hydrogen-bond acceptors (Lipinski definition) is 3. The summed E-state index contributed by atoms with van der Waals surface area (Å²) in [6.07, 6.45) is 2.95. The molecule has 1 saturated carbocycles. The molecule has 2 atom stereocenters. The number of ketones is 1. The minimum Gasteiger partial charge on any atom is -0.377 e. The third kappa shape index (κ3) is 10.7. The minimum atomic E-state index is 0.147. The van der Waals surface area contributed by atoms with Crippen molar-refractivity contribution in [2.75, 3.05) is 13.6 Å². The standard InChI is InChI=1S/C15H21NOS.C7H8.C6H12/c1-5-16(4)12(2)15(13(3)17)18-11-14-9-7-6-8-10-14;1-7-5-3-2-4-6-7;1-5-3-4-6(5)2/h6-10H,5,11H2,1-4H3;2-6H,1H3;5-6H,3-4H2,1-2H3/b15-12-;;. The van der Waals surface area contributed by atoms with E-state index in [1.807, 2.05) is 50.4 Å². The van der Waals surface area contributed by atoms with E-state index in [1.54, 1.807) is 18.7 Å². The Kier molecular flexibility index (Phi) is 13.0. The Morgan fingerprint density at radius 1 is 0.935 bits per heavy atom. The van der Waals surface area contributed by atoms with Gasteiger partial charge in [-0.3, -0.25) is 4.79 Å². The molecule has 0 spiro atoms. The quantitative estimate of drug-likeness (QED) is 0.429. The van der Waals surface area contributed by atoms with Gasteiger partial charge in [-0.15, -0.1) is 11.8 Å². The maximum atomic E-state index is 11.7. The smallest absolute Gasteiger partial charge is 0.167 e. The average Bonchev–Trinajstić information content (AvgIpc) is 2.79. The molecule has 0 heterocycles. The SMILES string of the molecule is CC1CCC1C.CCN(C)/C(C)=C(\SCc1ccccc1)C(C)=O.Cc1ccccc1. The van der Waals surface area contributed by atoms with Crippen molar-refractivity contribution in [3.63, 3.8) is 0 Å². The van der Waals surface area contributed by atoms with Crippen molar-refractivity contribution in [1.29, 1.82) is 0 Å². The van der Waals surface area contributed by atoms with E-state index in [0.29, 0.717) is 0 Å². The van der Waals surface area contributed by atoms with Gasteiger partial charge in [0.2, 0.25) is 0 Å². The van der Waals surface area contributed by atoms with Crippen LogP contribution in [0.5, 0.6) is 0 Å². The molecule has 1 aliphatic carbocycles. The van der Waals surface area contributed by atoms with E-state index >= 15 is 0 Å². The largest absolute Gasteiger partial charge is 0.377 e. The Morgan fingerprint density at radius 3 is 1.74 bits per heavy atom. The predicted octanol–water partition coefficient (Wildman–Crippen LogP) is 7.74. The summed E-state index contributed by atoms with van der Waals surface area (Å²) in [6.45, 7) is 13.4. The number of carbonyl (C=O) groups excluding carboxylic acids is 1. The van der Waals surface area contributed by atoms with Gasteiger partial charge >= 0.3 is 0 Å². The molecule has 2 nitrogen and oxygen atoms in total. The van der Waals surface area contributed by atoms with E-state index in [0.717, 1.165) is 34.7 Å². The lowest BCUT2D eigenvalue weighted by Crippen LogP contribution is -2.18. The minimum absolute atomic E-state index is 0.147. The highest BCUT2D eigenvalue weighted by Gasteiger charge is 2.20. The predicted molar refractivity (Wildman–Crippen MR) is 138 cm³/mol. The van der Waals surface area contributed by atoms with Crippen LogP contribution >= 0.6 is 11.8 Å². The van der Waals surface area contributed by atoms with Crippen molar-refractivity contribution in [2.45, 2.75) is 60.1 Å². The topological polar surface area (TPSA) is 20.3 Å². The molecule has 31 heavy (non-hydrogen) atoms. The Morgan fingerprint density at radius 2 is 1.42 bits per heavy atom. The molecular formula is C28H41NOS. The van der Waals surface area contributed by atoms with Gasteiger partial charge in [-0.05, 0) is 45.1 Å². The summed E-state index contributed by atoms with van der Waals surface area (Å²) >= 11 is 1.62. The van der Waals surface area contributed by atoms with Crippen LogP contribution in [0.25, 0.3) is 0 Å². The van der Waals surface area contributed by atoms with Crippen molar-refractivity contribution < 1.29 is 4.79 Å². The van der Waals surface area contributed by atoms with Crippen LogP contribution in [0, 0.1) is 18.8 Å². The fourth-order valence-corrected chi connectivity index (χ4v) is 4.04. The maximum absolute atomic E-state index is 11.7. The number of allylic oxidation sites excluding steroid dienone is 2. The number of aryl methyl sites for hydroxylation is 1. The summed E-state index contributed by atoms with van der Waals surface area (Å²) in [5.41, 5.74) is 3.63. The number of Topliss-reactive ketones (excluding diaryl/α,β-unsaturated/α-hetero) is 1. The van der Waals surface area contributed by atoms with Crippen LogP contribution < -0.4 is 0 Å². The molecular weight excluding hydrogens is 398 g/mol. The second-order valence-electron chi connectivity index (χ2n) is 8.45. The molecule has 0 aliphatic heterocycles. The van der Waals surface area contributed by atoms with Gasteiger partial charge < -0.3 is 4.90 Å². The van der Waals surface area contributed by atoms with Gasteiger partial charge in [0.1, 0.15) is 0 Å². The van der Waals surface area contributed by atoms with Crippen molar-refractivity contribution in [3.8, 4) is 0 Å². The molecule has 1 aliphatic rings. The van der Waals surface area contributed by atoms with Gasteiger partial charge in [-0.1, -0.05) is 92.9 Å². The summed E-state index contributed by atoms with van der Waals surface area (Å²) in [7, 11) is 2.02. The van der Waals surface area contributed by atoms with Gasteiger partial charge in [0, 0.05) is 25.0 Å². The lowest BCUT2D eigenvalue weighted by Gasteiger charge is -2.29. The van der Waals surface area contributed by atoms with E-state index < -0.39 is 0 Å². The zero-order chi connectivity index (χ0) is 23.2. The molecule has 3 rings (SSSR count). The number of thioether (sulfide) groups is 1. The van der Waals surface area contributed by atoms with Crippen molar-refractivity contribution in [1.82, 2.24) is 4.90 Å². The third-order valence-corrected chi connectivity index (χ3v) is 7.26. The summed E-state index contributed by atoms with van der Waals surface area (Å²) in [4.78, 5) is 14.7. The first-order valence-electron chi connectivity index (χ1n) is 11.4. The van der Waals surface area contributed by atoms with E-state index in [9.17, 15) is 4.79 Å². The summed E-state index contributed by atoms with van der Waals surface area (Å²) in [5.74, 6) is 3.05. The molecule has 0 bridgehead atoms. The van der Waals surface area contributed by atoms with Crippen molar-refractivity contribution >= 4 is 17.5 Å². The molecule has 0 radical (unpaired) electrons. The lowest BCUT2D eigenvalue weighted by molar-refractivity contribution is -0.113. The molecule has 0 aromatic heterocycles. The van der Waals surface area contributed by atoms with Crippen molar-refractivity contribution in [2.24, 2.45) is 11.8 Å². The first-order valence-corrected chi connectivity index (χ1v) is 12.4. The fraction of sp³-hybridized carbons (Fsp3) is 0.464. The fourth-order valence-electron chi connectivity index (χ4n) is 2.97. The highest BCUT2D eigenvalue weighted by atomic mass is 32.2. The molecule has 2 aromatic rings. The summed E-state index contributed by atoms with van der Waals surface area (Å²) < 4.78 is 0. The third-order valence-electron chi connectivity index (χ3n) is 5.91. The highest BCUT2D eigenvalue weighted by molar-refractivity contribution is 8.03. The zero-order valence-corrected chi connectivity index (χ0v) is 21.3. The van der Waals surface area contributed by atoms with E-state index in [2.05, 4.69) is 56.9 Å². The first-order chi connectivity index (χ1) is 14.8. The van der Waals surface area contributed by atoms with Crippen LogP contribution in [-0.4, -0.2) is 24.3 Å². The van der Waals surface area contributed by atoms with Gasteiger partial charge in [-0.25, -0.2) is 0 Å². The van der Waals surface area contributed by atoms with Crippen LogP contribution in [0.2, 0.25) is 0 Å². The second kappa shape index (κ2) is 14.9. The van der Waals surface area contributed by atoms with Crippen LogP contribution in [-0.2, 0) is 10.5 Å². The number of nitrogens with zero attached hydrogens (tertiary/aromatic N) is 1. The number of hydrogen-bond donors (Lipinski definition) is 0. The number of benzene rings is 2. The molecule has 3 heteroatoms. The van der Waals surface area contributed by atoms with Crippen LogP contribution in [0.3, 0.4) is 0 Å². The highest BCUT2D eigenvalue weighted by Crippen LogP contribution is 2.32. The Bertz CT molecular complexity index is 777. The molecule has 0 amide bonds. The van der Waals surface area contributed by atoms with Gasteiger partial charge in [0.05, 0.1) is 4.91 Å². The Balaban J connectivity index is 0.000000297. The van der Waals surface area contributed by atoms with E-state index in [-0.39, 0.29) is 5.78 Å². The van der Waals surface area contributed by atoms with E-state index in [4.69, 9.17) is 0 Å². The lowest BCUT2D eigenvalue weighted by atomic mass is 9.77.